The van der Waals surface area contributed by atoms with Gasteiger partial charge < -0.3 is 10.1 Å². The minimum absolute atomic E-state index is 0.0385. The molecule has 2 aromatic carbocycles. The summed E-state index contributed by atoms with van der Waals surface area (Å²) in [6, 6.07) is 7.39. The molecule has 0 bridgehead atoms. The summed E-state index contributed by atoms with van der Waals surface area (Å²) >= 11 is 0. The molecule has 1 unspecified atom stereocenters. The lowest BCUT2D eigenvalue weighted by Gasteiger charge is -2.14. The van der Waals surface area contributed by atoms with Gasteiger partial charge in [0.1, 0.15) is 6.04 Å². The van der Waals surface area contributed by atoms with E-state index in [-0.39, 0.29) is 10.6 Å². The quantitative estimate of drug-likeness (QED) is 0.363. The van der Waals surface area contributed by atoms with Crippen LogP contribution in [0.4, 0.5) is 15.8 Å². The number of carbonyl (C=O) groups excluding carboxylic acids is 2. The number of nitro groups is 1. The van der Waals surface area contributed by atoms with Crippen molar-refractivity contribution >= 4 is 33.3 Å². The van der Waals surface area contributed by atoms with Crippen molar-refractivity contribution in [3.8, 4) is 0 Å². The second-order valence-corrected chi connectivity index (χ2v) is 7.95. The van der Waals surface area contributed by atoms with Crippen LogP contribution in [0.2, 0.25) is 0 Å². The van der Waals surface area contributed by atoms with Gasteiger partial charge in [-0.15, -0.1) is 0 Å². The number of amides is 1. The first kappa shape index (κ1) is 22.9. The lowest BCUT2D eigenvalue weighted by molar-refractivity contribution is -0.387. The van der Waals surface area contributed by atoms with Crippen LogP contribution in [0.1, 0.15) is 12.5 Å². The average Bonchev–Trinajstić information content (AvgIpc) is 2.67. The summed E-state index contributed by atoms with van der Waals surface area (Å²) in [6.07, 6.45) is 0. The van der Waals surface area contributed by atoms with E-state index < -0.39 is 51.0 Å². The number of anilines is 1. The summed E-state index contributed by atoms with van der Waals surface area (Å²) in [5.41, 5.74) is -0.0416. The summed E-state index contributed by atoms with van der Waals surface area (Å²) in [4.78, 5) is 33.6. The van der Waals surface area contributed by atoms with Gasteiger partial charge in [0, 0.05) is 11.8 Å². The molecule has 0 spiro atoms. The van der Waals surface area contributed by atoms with Crippen molar-refractivity contribution in [2.75, 3.05) is 11.9 Å². The lowest BCUT2D eigenvalue weighted by Crippen LogP contribution is -2.40. The molecule has 30 heavy (non-hydrogen) atoms. The minimum atomic E-state index is -3.98. The molecule has 0 saturated carbocycles. The maximum Gasteiger partial charge on any atom is 0.324 e. The molecular weight excluding hydrogens is 421 g/mol. The van der Waals surface area contributed by atoms with Gasteiger partial charge in [0.15, 0.2) is 6.61 Å². The van der Waals surface area contributed by atoms with E-state index in [9.17, 15) is 32.5 Å². The summed E-state index contributed by atoms with van der Waals surface area (Å²) in [5.74, 6) is -2.93. The highest BCUT2D eigenvalue weighted by Crippen LogP contribution is 2.21. The Hall–Kier alpha value is -3.38. The number of carbonyl (C=O) groups is 2. The Labute approximate surface area is 171 Å². The molecule has 2 N–H and O–H groups in total. The SMILES string of the molecule is Cc1ccc(S(=O)(=O)NC(C)C(=O)OCC(=O)Nc2ccc(F)c([N+](=O)[O-])c2)cc1. The summed E-state index contributed by atoms with van der Waals surface area (Å²) in [7, 11) is -3.98. The Morgan fingerprint density at radius 1 is 1.20 bits per heavy atom. The number of hydrogen-bond acceptors (Lipinski definition) is 7. The van der Waals surface area contributed by atoms with Gasteiger partial charge in [-0.25, -0.2) is 8.42 Å². The Morgan fingerprint density at radius 3 is 2.43 bits per heavy atom. The number of ether oxygens (including phenoxy) is 1. The molecule has 0 aliphatic heterocycles. The van der Waals surface area contributed by atoms with E-state index in [4.69, 9.17) is 4.74 Å². The molecule has 1 amide bonds. The van der Waals surface area contributed by atoms with E-state index in [1.807, 2.05) is 0 Å². The van der Waals surface area contributed by atoms with E-state index in [2.05, 4.69) is 10.0 Å². The van der Waals surface area contributed by atoms with Crippen molar-refractivity contribution in [1.82, 2.24) is 4.72 Å². The topological polar surface area (TPSA) is 145 Å². The molecule has 10 nitrogen and oxygen atoms in total. The first-order chi connectivity index (χ1) is 14.0. The maximum absolute atomic E-state index is 13.3. The normalized spacial score (nSPS) is 12.1. The van der Waals surface area contributed by atoms with Crippen LogP contribution >= 0.6 is 0 Å². The number of halogens is 1. The molecule has 2 rings (SSSR count). The molecule has 160 valence electrons. The standard InChI is InChI=1S/C18H18FN3O7S/c1-11-3-6-14(7-4-11)30(27,28)21-12(2)18(24)29-10-17(23)20-13-5-8-15(19)16(9-13)22(25)26/h3-9,12,21H,10H2,1-2H3,(H,20,23). The highest BCUT2D eigenvalue weighted by molar-refractivity contribution is 7.89. The molecule has 0 aromatic heterocycles. The highest BCUT2D eigenvalue weighted by atomic mass is 32.2. The Morgan fingerprint density at radius 2 is 1.83 bits per heavy atom. The van der Waals surface area contributed by atoms with Crippen LogP contribution < -0.4 is 10.0 Å². The van der Waals surface area contributed by atoms with Crippen LogP contribution in [0.25, 0.3) is 0 Å². The highest BCUT2D eigenvalue weighted by Gasteiger charge is 2.24. The van der Waals surface area contributed by atoms with Crippen LogP contribution in [-0.2, 0) is 24.3 Å². The number of aryl methyl sites for hydroxylation is 1. The molecule has 2 aromatic rings. The van der Waals surface area contributed by atoms with Crippen molar-refractivity contribution in [3.05, 3.63) is 64.0 Å². The van der Waals surface area contributed by atoms with Gasteiger partial charge in [-0.2, -0.15) is 9.11 Å². The third-order valence-corrected chi connectivity index (χ3v) is 5.35. The first-order valence-corrected chi connectivity index (χ1v) is 9.97. The summed E-state index contributed by atoms with van der Waals surface area (Å²) < 4.78 is 44.7. The third-order valence-electron chi connectivity index (χ3n) is 3.79. The van der Waals surface area contributed by atoms with E-state index >= 15 is 0 Å². The maximum atomic E-state index is 13.3. The molecule has 12 heteroatoms. The van der Waals surface area contributed by atoms with Crippen LogP contribution in [0, 0.1) is 22.9 Å². The van der Waals surface area contributed by atoms with E-state index in [0.717, 1.165) is 23.8 Å². The van der Waals surface area contributed by atoms with Crippen molar-refractivity contribution < 1.29 is 32.1 Å². The number of nitro benzene ring substituents is 1. The zero-order valence-electron chi connectivity index (χ0n) is 15.9. The third kappa shape index (κ3) is 6.06. The van der Waals surface area contributed by atoms with Crippen molar-refractivity contribution in [2.45, 2.75) is 24.8 Å². The first-order valence-electron chi connectivity index (χ1n) is 8.49. The summed E-state index contributed by atoms with van der Waals surface area (Å²) in [6.45, 7) is 2.26. The van der Waals surface area contributed by atoms with Gasteiger partial charge in [0.05, 0.1) is 9.82 Å². The van der Waals surface area contributed by atoms with E-state index in [1.54, 1.807) is 19.1 Å². The van der Waals surface area contributed by atoms with E-state index in [0.29, 0.717) is 0 Å². The molecule has 0 heterocycles. The van der Waals surface area contributed by atoms with Crippen LogP contribution in [-0.4, -0.2) is 37.9 Å². The number of nitrogens with zero attached hydrogens (tertiary/aromatic N) is 1. The molecule has 0 fully saturated rings. The van der Waals surface area contributed by atoms with Gasteiger partial charge >= 0.3 is 11.7 Å². The molecular formula is C18H18FN3O7S. The summed E-state index contributed by atoms with van der Waals surface area (Å²) in [5, 5.41) is 12.9. The van der Waals surface area contributed by atoms with Crippen LogP contribution in [0.5, 0.6) is 0 Å². The fourth-order valence-electron chi connectivity index (χ4n) is 2.26. The molecule has 0 aliphatic carbocycles. The Balaban J connectivity index is 1.91. The zero-order valence-corrected chi connectivity index (χ0v) is 16.7. The fraction of sp³-hybridized carbons (Fsp3) is 0.222. The predicted octanol–water partition coefficient (Wildman–Crippen LogP) is 1.89. The van der Waals surface area contributed by atoms with Gasteiger partial charge in [-0.1, -0.05) is 17.7 Å². The van der Waals surface area contributed by atoms with Gasteiger partial charge in [-0.3, -0.25) is 19.7 Å². The van der Waals surface area contributed by atoms with Crippen LogP contribution in [0.15, 0.2) is 47.4 Å². The number of esters is 1. The fourth-order valence-corrected chi connectivity index (χ4v) is 3.45. The Kier molecular flexibility index (Phi) is 7.19. The average molecular weight is 439 g/mol. The van der Waals surface area contributed by atoms with E-state index in [1.165, 1.54) is 19.1 Å². The largest absolute Gasteiger partial charge is 0.454 e. The zero-order chi connectivity index (χ0) is 22.5. The van der Waals surface area contributed by atoms with Gasteiger partial charge in [0.2, 0.25) is 15.8 Å². The number of sulfonamides is 1. The molecule has 1 atom stereocenters. The van der Waals surface area contributed by atoms with Crippen molar-refractivity contribution in [2.24, 2.45) is 0 Å². The second kappa shape index (κ2) is 9.41. The van der Waals surface area contributed by atoms with Crippen molar-refractivity contribution in [3.63, 3.8) is 0 Å². The van der Waals surface area contributed by atoms with Crippen molar-refractivity contribution in [1.29, 1.82) is 0 Å². The predicted molar refractivity (Wildman–Crippen MR) is 104 cm³/mol. The number of benzene rings is 2. The van der Waals surface area contributed by atoms with Crippen LogP contribution in [0.3, 0.4) is 0 Å². The molecule has 0 saturated heterocycles. The number of nitrogens with one attached hydrogen (secondary N) is 2. The lowest BCUT2D eigenvalue weighted by atomic mass is 10.2. The Bertz CT molecular complexity index is 1070. The number of hydrogen-bond donors (Lipinski definition) is 2. The molecule has 0 aliphatic rings. The smallest absolute Gasteiger partial charge is 0.324 e. The monoisotopic (exact) mass is 439 g/mol. The molecule has 0 radical (unpaired) electrons. The van der Waals surface area contributed by atoms with Gasteiger partial charge in [0.25, 0.3) is 5.91 Å². The minimum Gasteiger partial charge on any atom is -0.454 e. The van der Waals surface area contributed by atoms with Gasteiger partial charge in [-0.05, 0) is 38.1 Å². The second-order valence-electron chi connectivity index (χ2n) is 6.24. The number of rotatable bonds is 8.